The summed E-state index contributed by atoms with van der Waals surface area (Å²) in [6.45, 7) is -0.255. The van der Waals surface area contributed by atoms with Crippen molar-refractivity contribution in [2.45, 2.75) is 0 Å². The third-order valence-corrected chi connectivity index (χ3v) is 9.50. The van der Waals surface area contributed by atoms with E-state index in [0.29, 0.717) is 0 Å². The number of hydrogen-bond acceptors (Lipinski definition) is 2. The summed E-state index contributed by atoms with van der Waals surface area (Å²) in [7, 11) is 0. The molecule has 8 aromatic rings. The van der Waals surface area contributed by atoms with E-state index in [4.69, 9.17) is 9.39 Å². The summed E-state index contributed by atoms with van der Waals surface area (Å²) < 4.78 is 15.9. The highest BCUT2D eigenvalue weighted by Gasteiger charge is 2.40. The first-order valence-corrected chi connectivity index (χ1v) is 15.7. The van der Waals surface area contributed by atoms with Gasteiger partial charge in [-0.2, -0.15) is 0 Å². The highest BCUT2D eigenvalue weighted by molar-refractivity contribution is 6.84. The molecule has 0 amide bonds. The van der Waals surface area contributed by atoms with E-state index in [1.54, 1.807) is 0 Å². The fraction of sp³-hybridized carbons (Fsp3) is 0. The van der Waals surface area contributed by atoms with Gasteiger partial charge in [-0.25, -0.2) is 0 Å². The van der Waals surface area contributed by atoms with Gasteiger partial charge in [0.2, 0.25) is 0 Å². The van der Waals surface area contributed by atoms with E-state index in [2.05, 4.69) is 156 Å². The Bertz CT molecular complexity index is 2440. The van der Waals surface area contributed by atoms with Gasteiger partial charge in [-0.1, -0.05) is 121 Å². The quantitative estimate of drug-likeness (QED) is 0.192. The molecule has 0 bridgehead atoms. The van der Waals surface area contributed by atoms with Crippen LogP contribution in [0, 0.1) is 0 Å². The highest BCUT2D eigenvalue weighted by Crippen LogP contribution is 2.43. The van der Waals surface area contributed by atoms with Gasteiger partial charge in [0.05, 0.1) is 16.7 Å². The minimum Gasteiger partial charge on any atom is -0.551 e. The molecule has 0 N–H and O–H groups in total. The van der Waals surface area contributed by atoms with Crippen molar-refractivity contribution in [3.8, 4) is 56.3 Å². The molecule has 0 saturated carbocycles. The number of para-hydroxylation sites is 3. The lowest BCUT2D eigenvalue weighted by molar-refractivity contribution is 0.479. The smallest absolute Gasteiger partial charge is 0.434 e. The monoisotopic (exact) mass is 587 g/mol. The van der Waals surface area contributed by atoms with Crippen molar-refractivity contribution in [3.63, 3.8) is 0 Å². The number of fused-ring (bicyclic) bond motifs is 7. The standard InChI is InChI=1S/C42H26BNO2/c1-2-11-27(12-3-1)28-22-24-35-41(25-28)45-39-20-10-16-34-33-23-21-29(26-40(33)46-43(35)42(34)39)30-13-4-7-17-36(30)44-37-18-8-5-14-31(37)32-15-6-9-19-38(32)44/h1-26H. The van der Waals surface area contributed by atoms with Crippen LogP contribution in [0.1, 0.15) is 0 Å². The Hall–Kier alpha value is -6.00. The zero-order valence-corrected chi connectivity index (χ0v) is 24.9. The lowest BCUT2D eigenvalue weighted by Gasteiger charge is -2.33. The van der Waals surface area contributed by atoms with Crippen LogP contribution in [0.5, 0.6) is 17.2 Å². The Kier molecular flexibility index (Phi) is 5.37. The Morgan fingerprint density at radius 3 is 1.93 bits per heavy atom. The van der Waals surface area contributed by atoms with Gasteiger partial charge in [0.1, 0.15) is 17.2 Å². The van der Waals surface area contributed by atoms with E-state index in [1.165, 1.54) is 21.8 Å². The third kappa shape index (κ3) is 3.67. The number of rotatable bonds is 3. The van der Waals surface area contributed by atoms with Gasteiger partial charge in [0.25, 0.3) is 0 Å². The maximum atomic E-state index is 6.96. The zero-order valence-electron chi connectivity index (χ0n) is 24.9. The fourth-order valence-electron chi connectivity index (χ4n) is 7.42. The topological polar surface area (TPSA) is 23.4 Å². The molecule has 46 heavy (non-hydrogen) atoms. The number of benzene rings is 7. The molecule has 0 fully saturated rings. The third-order valence-electron chi connectivity index (χ3n) is 9.50. The number of aromatic nitrogens is 1. The summed E-state index contributed by atoms with van der Waals surface area (Å²) in [4.78, 5) is 0. The second-order valence-electron chi connectivity index (χ2n) is 12.0. The predicted octanol–water partition coefficient (Wildman–Crippen LogP) is 9.39. The zero-order chi connectivity index (χ0) is 30.2. The first-order valence-electron chi connectivity index (χ1n) is 15.7. The summed E-state index contributed by atoms with van der Waals surface area (Å²) in [6.07, 6.45) is 0. The lowest BCUT2D eigenvalue weighted by Crippen LogP contribution is -2.53. The molecule has 0 radical (unpaired) electrons. The second kappa shape index (κ2) is 9.75. The van der Waals surface area contributed by atoms with Gasteiger partial charge in [0.15, 0.2) is 0 Å². The largest absolute Gasteiger partial charge is 0.551 e. The molecule has 214 valence electrons. The molecule has 3 heterocycles. The molecule has 2 aliphatic rings. The van der Waals surface area contributed by atoms with Crippen LogP contribution < -0.4 is 20.3 Å². The SMILES string of the molecule is c1ccc(-c2ccc3c(c2)Oc2cccc4c2B3Oc2cc(-c3ccccc3-n3c5ccccc5c5ccccc53)ccc2-4)cc1. The molecule has 4 heteroatoms. The van der Waals surface area contributed by atoms with Gasteiger partial charge in [-0.15, -0.1) is 0 Å². The summed E-state index contributed by atoms with van der Waals surface area (Å²) >= 11 is 0. The molecule has 0 atom stereocenters. The molecule has 0 aliphatic carbocycles. The van der Waals surface area contributed by atoms with E-state index in [1.807, 2.05) is 6.07 Å². The molecule has 3 nitrogen and oxygen atoms in total. The van der Waals surface area contributed by atoms with Crippen molar-refractivity contribution in [2.24, 2.45) is 0 Å². The summed E-state index contributed by atoms with van der Waals surface area (Å²) in [5.41, 5.74) is 12.5. The molecule has 10 rings (SSSR count). The molecular formula is C42H26BNO2. The van der Waals surface area contributed by atoms with Crippen LogP contribution in [0.15, 0.2) is 158 Å². The van der Waals surface area contributed by atoms with E-state index in [0.717, 1.165) is 67.2 Å². The van der Waals surface area contributed by atoms with Crippen molar-refractivity contribution in [1.29, 1.82) is 0 Å². The Morgan fingerprint density at radius 1 is 0.435 bits per heavy atom. The average molecular weight is 587 g/mol. The molecule has 0 spiro atoms. The molecule has 0 saturated heterocycles. The number of nitrogens with zero attached hydrogens (tertiary/aromatic N) is 1. The van der Waals surface area contributed by atoms with Crippen molar-refractivity contribution in [2.75, 3.05) is 0 Å². The van der Waals surface area contributed by atoms with Gasteiger partial charge in [0, 0.05) is 32.8 Å². The van der Waals surface area contributed by atoms with Crippen LogP contribution in [0.2, 0.25) is 0 Å². The average Bonchev–Trinajstić information content (AvgIpc) is 3.46. The van der Waals surface area contributed by atoms with E-state index in [9.17, 15) is 0 Å². The first kappa shape index (κ1) is 25.3. The molecule has 2 aliphatic heterocycles. The van der Waals surface area contributed by atoms with Crippen LogP contribution in [0.3, 0.4) is 0 Å². The van der Waals surface area contributed by atoms with Crippen LogP contribution in [-0.2, 0) is 0 Å². The fourth-order valence-corrected chi connectivity index (χ4v) is 7.42. The maximum Gasteiger partial charge on any atom is 0.434 e. The van der Waals surface area contributed by atoms with Crippen LogP contribution in [-0.4, -0.2) is 11.5 Å². The van der Waals surface area contributed by atoms with Crippen LogP contribution in [0.25, 0.3) is 60.9 Å². The minimum atomic E-state index is -0.255. The van der Waals surface area contributed by atoms with E-state index >= 15 is 0 Å². The second-order valence-corrected chi connectivity index (χ2v) is 12.0. The number of ether oxygens (including phenoxy) is 1. The normalized spacial score (nSPS) is 12.7. The van der Waals surface area contributed by atoms with Gasteiger partial charge in [-0.05, 0) is 58.7 Å². The van der Waals surface area contributed by atoms with Gasteiger partial charge < -0.3 is 14.0 Å². The van der Waals surface area contributed by atoms with Crippen molar-refractivity contribution in [3.05, 3.63) is 158 Å². The molecular weight excluding hydrogens is 561 g/mol. The van der Waals surface area contributed by atoms with E-state index < -0.39 is 0 Å². The van der Waals surface area contributed by atoms with Crippen molar-refractivity contribution >= 4 is 39.6 Å². The van der Waals surface area contributed by atoms with Crippen LogP contribution in [0.4, 0.5) is 0 Å². The first-order chi connectivity index (χ1) is 22.8. The lowest BCUT2D eigenvalue weighted by atomic mass is 9.51. The van der Waals surface area contributed by atoms with Crippen molar-refractivity contribution in [1.82, 2.24) is 4.57 Å². The van der Waals surface area contributed by atoms with Crippen molar-refractivity contribution < 1.29 is 9.39 Å². The summed E-state index contributed by atoms with van der Waals surface area (Å²) in [6, 6.07) is 55.8. The van der Waals surface area contributed by atoms with E-state index in [-0.39, 0.29) is 6.92 Å². The molecule has 7 aromatic carbocycles. The summed E-state index contributed by atoms with van der Waals surface area (Å²) in [5.74, 6) is 2.57. The molecule has 0 unspecified atom stereocenters. The minimum absolute atomic E-state index is 0.255. The Labute approximate surface area is 267 Å². The van der Waals surface area contributed by atoms with Crippen LogP contribution >= 0.6 is 0 Å². The predicted molar refractivity (Wildman–Crippen MR) is 189 cm³/mol. The number of hydrogen-bond donors (Lipinski definition) is 0. The Balaban J connectivity index is 1.12. The Morgan fingerprint density at radius 2 is 1.11 bits per heavy atom. The maximum absolute atomic E-state index is 6.96. The molecule has 1 aromatic heterocycles. The van der Waals surface area contributed by atoms with Gasteiger partial charge in [-0.3, -0.25) is 0 Å². The summed E-state index contributed by atoms with van der Waals surface area (Å²) in [5, 5.41) is 2.50. The van der Waals surface area contributed by atoms with Gasteiger partial charge >= 0.3 is 6.92 Å². The highest BCUT2D eigenvalue weighted by atomic mass is 16.5.